The summed E-state index contributed by atoms with van der Waals surface area (Å²) in [6, 6.07) is 1.95. The SMILES string of the molecule is Cc1ccnc(C)c1-n1nncc1CCl. The average Bonchev–Trinajstić information content (AvgIpc) is 2.65. The topological polar surface area (TPSA) is 43.6 Å². The maximum absolute atomic E-state index is 5.81. The van der Waals surface area contributed by atoms with Crippen molar-refractivity contribution in [3.05, 3.63) is 35.4 Å². The molecule has 0 aliphatic heterocycles. The Bertz CT molecular complexity index is 458. The number of aryl methyl sites for hydroxylation is 2. The molecule has 0 unspecified atom stereocenters. The molecule has 78 valence electrons. The van der Waals surface area contributed by atoms with Crippen LogP contribution < -0.4 is 0 Å². The first-order valence-electron chi connectivity index (χ1n) is 4.62. The molecule has 2 aromatic heterocycles. The summed E-state index contributed by atoms with van der Waals surface area (Å²) >= 11 is 5.81. The molecule has 0 aliphatic carbocycles. The normalized spacial score (nSPS) is 10.6. The van der Waals surface area contributed by atoms with Gasteiger partial charge in [-0.1, -0.05) is 5.21 Å². The van der Waals surface area contributed by atoms with Gasteiger partial charge in [0.05, 0.1) is 29.2 Å². The molecule has 0 atom stereocenters. The van der Waals surface area contributed by atoms with Crippen LogP contribution in [0.3, 0.4) is 0 Å². The number of rotatable bonds is 2. The molecule has 0 amide bonds. The van der Waals surface area contributed by atoms with E-state index < -0.39 is 0 Å². The second-order valence-electron chi connectivity index (χ2n) is 3.33. The summed E-state index contributed by atoms with van der Waals surface area (Å²) in [5.41, 5.74) is 3.87. The van der Waals surface area contributed by atoms with Crippen molar-refractivity contribution in [3.8, 4) is 5.69 Å². The van der Waals surface area contributed by atoms with Crippen LogP contribution in [0.15, 0.2) is 18.5 Å². The zero-order chi connectivity index (χ0) is 10.8. The fourth-order valence-corrected chi connectivity index (χ4v) is 1.72. The Balaban J connectivity index is 2.63. The minimum atomic E-state index is 0.390. The molecule has 2 heterocycles. The van der Waals surface area contributed by atoms with Crippen molar-refractivity contribution in [2.75, 3.05) is 0 Å². The predicted molar refractivity (Wildman–Crippen MR) is 58.2 cm³/mol. The number of hydrogen-bond acceptors (Lipinski definition) is 3. The van der Waals surface area contributed by atoms with Crippen molar-refractivity contribution in [2.45, 2.75) is 19.7 Å². The zero-order valence-corrected chi connectivity index (χ0v) is 9.36. The first-order valence-corrected chi connectivity index (χ1v) is 5.15. The highest BCUT2D eigenvalue weighted by atomic mass is 35.5. The van der Waals surface area contributed by atoms with Crippen LogP contribution in [0.5, 0.6) is 0 Å². The van der Waals surface area contributed by atoms with Crippen LogP contribution in [-0.2, 0) is 5.88 Å². The maximum atomic E-state index is 5.81. The Hall–Kier alpha value is -1.42. The molecular weight excluding hydrogens is 212 g/mol. The van der Waals surface area contributed by atoms with Gasteiger partial charge in [0.25, 0.3) is 0 Å². The van der Waals surface area contributed by atoms with Crippen LogP contribution in [0.1, 0.15) is 17.0 Å². The molecule has 4 nitrogen and oxygen atoms in total. The van der Waals surface area contributed by atoms with Gasteiger partial charge in [-0.3, -0.25) is 4.98 Å². The summed E-state index contributed by atoms with van der Waals surface area (Å²) in [5, 5.41) is 7.87. The van der Waals surface area contributed by atoms with Crippen molar-refractivity contribution >= 4 is 11.6 Å². The number of pyridine rings is 1. The molecular formula is C10H11ClN4. The van der Waals surface area contributed by atoms with Crippen molar-refractivity contribution in [1.29, 1.82) is 0 Å². The summed E-state index contributed by atoms with van der Waals surface area (Å²) in [6.07, 6.45) is 3.45. The molecule has 0 bridgehead atoms. The third kappa shape index (κ3) is 1.72. The van der Waals surface area contributed by atoms with Gasteiger partial charge in [0.2, 0.25) is 0 Å². The van der Waals surface area contributed by atoms with E-state index >= 15 is 0 Å². The molecule has 0 N–H and O–H groups in total. The Morgan fingerprint density at radius 3 is 2.87 bits per heavy atom. The van der Waals surface area contributed by atoms with Gasteiger partial charge in [0.15, 0.2) is 0 Å². The second kappa shape index (κ2) is 3.98. The van der Waals surface area contributed by atoms with E-state index in [1.54, 1.807) is 17.1 Å². The molecule has 0 spiro atoms. The molecule has 0 radical (unpaired) electrons. The van der Waals surface area contributed by atoms with E-state index in [1.807, 2.05) is 19.9 Å². The maximum Gasteiger partial charge on any atom is 0.0908 e. The van der Waals surface area contributed by atoms with Crippen LogP contribution in [0.4, 0.5) is 0 Å². The van der Waals surface area contributed by atoms with Crippen molar-refractivity contribution < 1.29 is 0 Å². The third-order valence-electron chi connectivity index (χ3n) is 2.28. The highest BCUT2D eigenvalue weighted by Crippen LogP contribution is 2.17. The minimum Gasteiger partial charge on any atom is -0.259 e. The molecule has 15 heavy (non-hydrogen) atoms. The fraction of sp³-hybridized carbons (Fsp3) is 0.300. The lowest BCUT2D eigenvalue weighted by Crippen LogP contribution is -2.06. The lowest BCUT2D eigenvalue weighted by Gasteiger charge is -2.09. The highest BCUT2D eigenvalue weighted by molar-refractivity contribution is 6.16. The van der Waals surface area contributed by atoms with E-state index in [0.717, 1.165) is 22.6 Å². The van der Waals surface area contributed by atoms with Gasteiger partial charge in [0, 0.05) is 6.20 Å². The van der Waals surface area contributed by atoms with Crippen molar-refractivity contribution in [2.24, 2.45) is 0 Å². The molecule has 2 rings (SSSR count). The highest BCUT2D eigenvalue weighted by Gasteiger charge is 2.10. The Morgan fingerprint density at radius 2 is 2.20 bits per heavy atom. The summed E-state index contributed by atoms with van der Waals surface area (Å²) in [7, 11) is 0. The summed E-state index contributed by atoms with van der Waals surface area (Å²) in [5.74, 6) is 0.390. The molecule has 0 fully saturated rings. The summed E-state index contributed by atoms with van der Waals surface area (Å²) in [4.78, 5) is 4.24. The van der Waals surface area contributed by atoms with Gasteiger partial charge in [-0.25, -0.2) is 4.68 Å². The smallest absolute Gasteiger partial charge is 0.0908 e. The Labute approximate surface area is 92.9 Å². The molecule has 0 saturated heterocycles. The molecule has 2 aromatic rings. The third-order valence-corrected chi connectivity index (χ3v) is 2.55. The van der Waals surface area contributed by atoms with Gasteiger partial charge in [-0.2, -0.15) is 0 Å². The summed E-state index contributed by atoms with van der Waals surface area (Å²) < 4.78 is 1.74. The second-order valence-corrected chi connectivity index (χ2v) is 3.60. The predicted octanol–water partition coefficient (Wildman–Crippen LogP) is 2.02. The first-order chi connectivity index (χ1) is 7.24. The van der Waals surface area contributed by atoms with Crippen LogP contribution >= 0.6 is 11.6 Å². The molecule has 0 saturated carbocycles. The standard InChI is InChI=1S/C10H11ClN4/c1-7-3-4-12-8(2)10(7)15-9(5-11)6-13-14-15/h3-4,6H,5H2,1-2H3. The van der Waals surface area contributed by atoms with Crippen LogP contribution in [-0.4, -0.2) is 20.0 Å². The van der Waals surface area contributed by atoms with E-state index in [1.165, 1.54) is 0 Å². The van der Waals surface area contributed by atoms with Crippen LogP contribution in [0.2, 0.25) is 0 Å². The lowest BCUT2D eigenvalue weighted by atomic mass is 10.2. The number of alkyl halides is 1. The number of hydrogen-bond donors (Lipinski definition) is 0. The zero-order valence-electron chi connectivity index (χ0n) is 8.61. The van der Waals surface area contributed by atoms with Crippen LogP contribution in [0.25, 0.3) is 5.69 Å². The van der Waals surface area contributed by atoms with E-state index in [0.29, 0.717) is 5.88 Å². The van der Waals surface area contributed by atoms with Crippen molar-refractivity contribution in [3.63, 3.8) is 0 Å². The monoisotopic (exact) mass is 222 g/mol. The fourth-order valence-electron chi connectivity index (χ4n) is 1.54. The number of halogens is 1. The number of aromatic nitrogens is 4. The quantitative estimate of drug-likeness (QED) is 0.731. The van der Waals surface area contributed by atoms with E-state index in [-0.39, 0.29) is 0 Å². The van der Waals surface area contributed by atoms with E-state index in [9.17, 15) is 0 Å². The van der Waals surface area contributed by atoms with E-state index in [4.69, 9.17) is 11.6 Å². The van der Waals surface area contributed by atoms with Crippen LogP contribution in [0, 0.1) is 13.8 Å². The Kier molecular flexibility index (Phi) is 2.68. The average molecular weight is 223 g/mol. The van der Waals surface area contributed by atoms with Gasteiger partial charge in [-0.15, -0.1) is 16.7 Å². The van der Waals surface area contributed by atoms with Crippen molar-refractivity contribution in [1.82, 2.24) is 20.0 Å². The molecule has 0 aromatic carbocycles. The minimum absolute atomic E-state index is 0.390. The van der Waals surface area contributed by atoms with Gasteiger partial charge >= 0.3 is 0 Å². The summed E-state index contributed by atoms with van der Waals surface area (Å²) in [6.45, 7) is 3.96. The molecule has 0 aliphatic rings. The number of nitrogens with zero attached hydrogens (tertiary/aromatic N) is 4. The van der Waals surface area contributed by atoms with Gasteiger partial charge in [-0.05, 0) is 25.5 Å². The van der Waals surface area contributed by atoms with Gasteiger partial charge < -0.3 is 0 Å². The first kappa shape index (κ1) is 10.1. The van der Waals surface area contributed by atoms with Gasteiger partial charge in [0.1, 0.15) is 0 Å². The Morgan fingerprint density at radius 1 is 1.40 bits per heavy atom. The van der Waals surface area contributed by atoms with E-state index in [2.05, 4.69) is 15.3 Å². The molecule has 5 heteroatoms. The lowest BCUT2D eigenvalue weighted by molar-refractivity contribution is 0.766. The largest absolute Gasteiger partial charge is 0.259 e.